The van der Waals surface area contributed by atoms with Gasteiger partial charge in [0.2, 0.25) is 27.7 Å². The average Bonchev–Trinajstić information content (AvgIpc) is 1.62. The number of nitrogens with two attached hydrogens (primary N) is 3. The third-order valence-corrected chi connectivity index (χ3v) is 24.3. The molecule has 2 fully saturated rings. The van der Waals surface area contributed by atoms with Gasteiger partial charge < -0.3 is 43.2 Å². The van der Waals surface area contributed by atoms with Crippen molar-refractivity contribution in [3.8, 4) is 6.07 Å². The number of esters is 1. The van der Waals surface area contributed by atoms with E-state index in [-0.39, 0.29) is 102 Å². The van der Waals surface area contributed by atoms with Gasteiger partial charge in [-0.15, -0.1) is 11.3 Å². The number of aliphatic imine (C=N–C) groups is 3. The van der Waals surface area contributed by atoms with E-state index in [9.17, 15) is 60.8 Å². The molecule has 7 aromatic carbocycles. The van der Waals surface area contributed by atoms with Crippen molar-refractivity contribution in [2.24, 2.45) is 38.1 Å². The number of nitriles is 1. The van der Waals surface area contributed by atoms with Gasteiger partial charge >= 0.3 is 18.0 Å². The number of hydrogen-bond acceptors (Lipinski definition) is 19. The van der Waals surface area contributed by atoms with Crippen LogP contribution in [0, 0.1) is 17.2 Å². The molecule has 5 aliphatic heterocycles. The number of guanidine groups is 3. The van der Waals surface area contributed by atoms with Gasteiger partial charge in [0.1, 0.15) is 17.1 Å². The van der Waals surface area contributed by atoms with Gasteiger partial charge in [-0.1, -0.05) is 152 Å². The van der Waals surface area contributed by atoms with E-state index in [0.717, 1.165) is 58.0 Å². The maximum absolute atomic E-state index is 13.9. The van der Waals surface area contributed by atoms with E-state index < -0.39 is 50.1 Å². The number of carbonyl (C=O) groups excluding carboxylic acids is 8. The standard InChI is InChI=1S/C26H26N4O2.C21H29N3O6S.C20H22ClN5O2.C19H18F2N4OS/c1-2-10-23(31)28-22-16-9-11-19(17-22)18-30-24(32)26(29-25(30)27,20-12-5-3-6-13-20)21-14-7-4-8-15-21;1-21(13-18(25)23(2)20(27)22-21)16-5-4-12-24(14-16)31(28,29)17-9-6-15(7-10-17)8-11-19(26)30-3;1-20(2)17(27)26(18(22)25-20)12-14-5-3-13(4-6-14)11-23-19(28)24-16-9-7-15(21)8-10-16;1-18(15-12(10-22)8-9-27-15)14(16(26)25(3)17(23)24-18)11-4-6-13(7-5-11)19(2,20)21/h3-9,11-17H,2,10,18H2,1H3,(H2,27,29)(H,28,31);6-7,9-10,16H,4-5,8,11-14H2,1-3H3,(H,22,27);3-10H,11-12H2,1-2H3,(H2,22,25)(H2,23,24,28);4-9,14H,1-3H3,(H2,23,24)/t;16?,21-;;14?,18-/m.0.0/s1. The molecular formula is C86H95ClF2N16O11S2. The molecule has 1 aromatic heterocycles. The maximum Gasteiger partial charge on any atom is 0.324 e. The highest BCUT2D eigenvalue weighted by molar-refractivity contribution is 7.89. The van der Waals surface area contributed by atoms with Crippen molar-refractivity contribution in [2.75, 3.05) is 44.9 Å². The van der Waals surface area contributed by atoms with Crippen LogP contribution in [0.1, 0.15) is 141 Å². The van der Waals surface area contributed by atoms with Crippen LogP contribution in [0.4, 0.5) is 29.7 Å². The van der Waals surface area contributed by atoms with Gasteiger partial charge in [-0.3, -0.25) is 48.4 Å². The Hall–Kier alpha value is -12.2. The number of nitrogens with zero attached hydrogens (tertiary/aromatic N) is 9. The lowest BCUT2D eigenvalue weighted by atomic mass is 9.76. The minimum absolute atomic E-state index is 0.0323. The van der Waals surface area contributed by atoms with Crippen molar-refractivity contribution in [3.05, 3.63) is 253 Å². The van der Waals surface area contributed by atoms with E-state index >= 15 is 0 Å². The predicted octanol–water partition coefficient (Wildman–Crippen LogP) is 12.2. The summed E-state index contributed by atoms with van der Waals surface area (Å²) < 4.78 is 59.6. The lowest BCUT2D eigenvalue weighted by Crippen LogP contribution is -2.64. The molecule has 2 saturated heterocycles. The van der Waals surface area contributed by atoms with Gasteiger partial charge in [0.05, 0.1) is 53.4 Å². The summed E-state index contributed by atoms with van der Waals surface area (Å²) in [7, 11) is 0.563. The van der Waals surface area contributed by atoms with Crippen molar-refractivity contribution in [3.63, 3.8) is 0 Å². The lowest BCUT2D eigenvalue weighted by molar-refractivity contribution is -0.140. The molecule has 618 valence electrons. The smallest absolute Gasteiger partial charge is 0.324 e. The zero-order valence-electron chi connectivity index (χ0n) is 66.8. The molecular weight excluding hydrogens is 1570 g/mol. The highest BCUT2D eigenvalue weighted by atomic mass is 35.5. The number of thiophene rings is 1. The molecule has 0 radical (unpaired) electrons. The Kier molecular flexibility index (Phi) is 27.9. The average molecular weight is 1670 g/mol. The molecule has 6 heterocycles. The predicted molar refractivity (Wildman–Crippen MR) is 448 cm³/mol. The summed E-state index contributed by atoms with van der Waals surface area (Å²) >= 11 is 7.14. The van der Waals surface area contributed by atoms with Crippen LogP contribution in [0.2, 0.25) is 5.02 Å². The van der Waals surface area contributed by atoms with Crippen molar-refractivity contribution >= 4 is 110 Å². The Balaban J connectivity index is 0.000000166. The van der Waals surface area contributed by atoms with Gasteiger partial charge in [0, 0.05) is 75.5 Å². The van der Waals surface area contributed by atoms with E-state index in [0.29, 0.717) is 71.3 Å². The first-order chi connectivity index (χ1) is 55.9. The molecule has 9 amide bonds. The Morgan fingerprint density at radius 1 is 0.703 bits per heavy atom. The molecule has 8 aromatic rings. The second-order valence-electron chi connectivity index (χ2n) is 30.0. The highest BCUT2D eigenvalue weighted by Crippen LogP contribution is 2.48. The topological polar surface area (TPSA) is 383 Å². The maximum atomic E-state index is 13.9. The summed E-state index contributed by atoms with van der Waals surface area (Å²) in [6, 6.07) is 56.1. The molecule has 27 nitrogen and oxygen atoms in total. The number of urea groups is 2. The number of rotatable bonds is 21. The van der Waals surface area contributed by atoms with Crippen LogP contribution in [0.15, 0.2) is 213 Å². The molecule has 0 spiro atoms. The Morgan fingerprint density at radius 3 is 1.89 bits per heavy atom. The van der Waals surface area contributed by atoms with Gasteiger partial charge in [-0.25, -0.2) is 41.8 Å². The number of hydrogen-bond donors (Lipinski definition) is 7. The monoisotopic (exact) mass is 1660 g/mol. The number of nitrogens with one attached hydrogen (secondary N) is 4. The van der Waals surface area contributed by atoms with E-state index in [1.165, 1.54) is 75.8 Å². The van der Waals surface area contributed by atoms with Crippen LogP contribution in [0.3, 0.4) is 0 Å². The Bertz CT molecular complexity index is 5220. The summed E-state index contributed by atoms with van der Waals surface area (Å²) in [5, 5.41) is 23.1. The largest absolute Gasteiger partial charge is 0.469 e. The number of amides is 9. The van der Waals surface area contributed by atoms with Crippen molar-refractivity contribution in [1.29, 1.82) is 5.26 Å². The zero-order valence-corrected chi connectivity index (χ0v) is 69.2. The zero-order chi connectivity index (χ0) is 85.7. The third-order valence-electron chi connectivity index (χ3n) is 21.0. The molecule has 32 heteroatoms. The number of ether oxygens (including phenoxy) is 1. The van der Waals surface area contributed by atoms with Gasteiger partial charge in [-0.2, -0.15) is 9.57 Å². The number of methoxy groups -OCH3 is 1. The molecule has 10 N–H and O–H groups in total. The summed E-state index contributed by atoms with van der Waals surface area (Å²) in [6.45, 7) is 11.4. The molecule has 0 bridgehead atoms. The minimum Gasteiger partial charge on any atom is -0.469 e. The number of alkyl halides is 2. The SMILES string of the molecule is CC1(C)N=C(N)N(Cc2ccc(CNC(=O)Nc3ccc(Cl)cc3)cc2)C1=O.CCCC(=O)Nc1cccc(CN2C(=O)C(c3ccccc3)(c3ccccc3)N=C2N)c1.CN1C(=O)C(c2ccc(C(C)(F)F)cc2)[C@@](C)(c2sccc2C#N)N=C1N.COC(=O)CCc1ccc(S(=O)(=O)N2CCCC([C@]3(C)CC(=O)N(C)C(=O)N3)C2)cc1. The first-order valence-electron chi connectivity index (χ1n) is 38.0. The fourth-order valence-corrected chi connectivity index (χ4v) is 17.0. The van der Waals surface area contributed by atoms with Crippen LogP contribution < -0.4 is 38.5 Å². The van der Waals surface area contributed by atoms with E-state index in [2.05, 4.69) is 42.1 Å². The summed E-state index contributed by atoms with van der Waals surface area (Å²) in [5.74, 6) is -4.72. The molecule has 0 saturated carbocycles. The van der Waals surface area contributed by atoms with Gasteiger partial charge in [0.15, 0.2) is 23.4 Å². The normalized spacial score (nSPS) is 19.6. The molecule has 0 aliphatic carbocycles. The Labute approximate surface area is 693 Å². The van der Waals surface area contributed by atoms with Crippen molar-refractivity contribution in [1.82, 2.24) is 34.5 Å². The van der Waals surface area contributed by atoms with Crippen LogP contribution in [-0.2, 0) is 86.6 Å². The Morgan fingerprint density at radius 2 is 1.31 bits per heavy atom. The van der Waals surface area contributed by atoms with Gasteiger partial charge in [0.25, 0.3) is 17.7 Å². The second kappa shape index (κ2) is 37.4. The number of carbonyl (C=O) groups is 8. The fraction of sp³-hybridized carbons (Fsp3) is 0.326. The van der Waals surface area contributed by atoms with Crippen molar-refractivity contribution in [2.45, 2.75) is 145 Å². The number of piperidine rings is 1. The van der Waals surface area contributed by atoms with Crippen LogP contribution >= 0.6 is 22.9 Å². The fourth-order valence-electron chi connectivity index (χ4n) is 14.3. The van der Waals surface area contributed by atoms with Crippen LogP contribution in [0.5, 0.6) is 0 Å². The van der Waals surface area contributed by atoms with E-state index in [1.807, 2.05) is 123 Å². The minimum atomic E-state index is -3.72. The van der Waals surface area contributed by atoms with E-state index in [1.54, 1.807) is 80.7 Å². The first kappa shape index (κ1) is 88.1. The second-order valence-corrected chi connectivity index (χ2v) is 33.3. The summed E-state index contributed by atoms with van der Waals surface area (Å²) in [4.78, 5) is 118. The highest BCUT2D eigenvalue weighted by Gasteiger charge is 2.52. The number of benzene rings is 7. The van der Waals surface area contributed by atoms with Crippen molar-refractivity contribution < 1.29 is 60.3 Å². The third kappa shape index (κ3) is 20.4. The molecule has 118 heavy (non-hydrogen) atoms. The molecule has 4 atom stereocenters. The number of aryl methyl sites for hydroxylation is 1. The number of imide groups is 1. The van der Waals surface area contributed by atoms with E-state index in [4.69, 9.17) is 33.8 Å². The number of anilines is 2. The summed E-state index contributed by atoms with van der Waals surface area (Å²) in [5.41, 5.74) is 21.5. The number of likely N-dealkylation sites (N-methyl/N-ethyl adjacent to an activating group) is 1. The lowest BCUT2D eigenvalue weighted by Gasteiger charge is -2.46. The molecule has 2 unspecified atom stereocenters. The number of sulfonamides is 1. The number of halogens is 3. The quantitative estimate of drug-likeness (QED) is 0.0329. The van der Waals surface area contributed by atoms with Gasteiger partial charge in [-0.05, 0) is 158 Å². The molecule has 13 rings (SSSR count). The first-order valence-corrected chi connectivity index (χ1v) is 40.7. The summed E-state index contributed by atoms with van der Waals surface area (Å²) in [6.07, 6.45) is 3.46. The molecule has 5 aliphatic rings. The van der Waals surface area contributed by atoms with Crippen LogP contribution in [-0.4, -0.2) is 143 Å². The van der Waals surface area contributed by atoms with Crippen LogP contribution in [0.25, 0.3) is 0 Å².